The number of benzene rings is 1. The molecule has 19 heavy (non-hydrogen) atoms. The molecular weight excluding hydrogens is 241 g/mol. The normalized spacial score (nSPS) is 12.1. The molecule has 0 bridgehead atoms. The van der Waals surface area contributed by atoms with Gasteiger partial charge >= 0.3 is 0 Å². The van der Waals surface area contributed by atoms with Crippen LogP contribution in [0, 0.1) is 17.1 Å². The summed E-state index contributed by atoms with van der Waals surface area (Å²) in [6, 6.07) is 6.11. The largest absolute Gasteiger partial charge is 0.305 e. The molecular formula is C15H22FN3. The van der Waals surface area contributed by atoms with Gasteiger partial charge in [-0.3, -0.25) is 0 Å². The van der Waals surface area contributed by atoms with E-state index < -0.39 is 0 Å². The predicted octanol–water partition coefficient (Wildman–Crippen LogP) is 4.10. The summed E-state index contributed by atoms with van der Waals surface area (Å²) in [6.45, 7) is 8.04. The minimum atomic E-state index is -0.257. The maximum atomic E-state index is 12.8. The Morgan fingerprint density at radius 2 is 1.79 bits per heavy atom. The van der Waals surface area contributed by atoms with E-state index in [1.54, 1.807) is 12.1 Å². The highest BCUT2D eigenvalue weighted by Crippen LogP contribution is 2.11. The standard InChI is InChI=1S/C15H22FN3/c1-10(2)9-15(17)11(3)12(4)18-19-14-7-5-13(16)6-8-14/h5-8,10,17-19H,9H2,1-4H3. The lowest BCUT2D eigenvalue weighted by molar-refractivity contribution is 0.628. The van der Waals surface area contributed by atoms with Crippen molar-refractivity contribution in [2.24, 2.45) is 5.92 Å². The lowest BCUT2D eigenvalue weighted by atomic mass is 10.0. The fraction of sp³-hybridized carbons (Fsp3) is 0.400. The Labute approximate surface area is 114 Å². The van der Waals surface area contributed by atoms with Crippen LogP contribution in [-0.4, -0.2) is 5.71 Å². The molecule has 1 aromatic carbocycles. The highest BCUT2D eigenvalue weighted by molar-refractivity contribution is 5.97. The van der Waals surface area contributed by atoms with Gasteiger partial charge in [-0.2, -0.15) is 0 Å². The molecule has 3 nitrogen and oxygen atoms in total. The Balaban J connectivity index is 2.60. The second kappa shape index (κ2) is 6.92. The summed E-state index contributed by atoms with van der Waals surface area (Å²) in [7, 11) is 0. The fourth-order valence-corrected chi connectivity index (χ4v) is 1.58. The maximum absolute atomic E-state index is 12.8. The van der Waals surface area contributed by atoms with Crippen molar-refractivity contribution in [2.45, 2.75) is 34.1 Å². The van der Waals surface area contributed by atoms with Crippen LogP contribution in [0.15, 0.2) is 35.5 Å². The summed E-state index contributed by atoms with van der Waals surface area (Å²) in [6.07, 6.45) is 0.765. The average Bonchev–Trinajstić information content (AvgIpc) is 2.36. The minimum Gasteiger partial charge on any atom is -0.305 e. The highest BCUT2D eigenvalue weighted by atomic mass is 19.1. The van der Waals surface area contributed by atoms with Crippen LogP contribution in [0.3, 0.4) is 0 Å². The number of allylic oxidation sites excluding steroid dienone is 2. The van der Waals surface area contributed by atoms with Crippen LogP contribution in [-0.2, 0) is 0 Å². The lowest BCUT2D eigenvalue weighted by Crippen LogP contribution is -2.22. The van der Waals surface area contributed by atoms with Crippen LogP contribution < -0.4 is 10.9 Å². The van der Waals surface area contributed by atoms with E-state index in [0.717, 1.165) is 23.4 Å². The molecule has 0 aliphatic heterocycles. The van der Waals surface area contributed by atoms with Gasteiger partial charge in [0.05, 0.1) is 5.69 Å². The highest BCUT2D eigenvalue weighted by Gasteiger charge is 2.06. The first-order valence-electron chi connectivity index (χ1n) is 6.43. The van der Waals surface area contributed by atoms with Crippen molar-refractivity contribution in [1.29, 1.82) is 5.41 Å². The van der Waals surface area contributed by atoms with Gasteiger partial charge in [-0.15, -0.1) is 0 Å². The molecule has 104 valence electrons. The molecule has 0 aromatic heterocycles. The van der Waals surface area contributed by atoms with Crippen molar-refractivity contribution in [1.82, 2.24) is 5.43 Å². The summed E-state index contributed by atoms with van der Waals surface area (Å²) in [5.41, 5.74) is 9.28. The smallest absolute Gasteiger partial charge is 0.123 e. The van der Waals surface area contributed by atoms with E-state index >= 15 is 0 Å². The Morgan fingerprint density at radius 1 is 1.21 bits per heavy atom. The maximum Gasteiger partial charge on any atom is 0.123 e. The third-order valence-corrected chi connectivity index (χ3v) is 2.87. The molecule has 4 heteroatoms. The van der Waals surface area contributed by atoms with Crippen molar-refractivity contribution in [2.75, 3.05) is 5.43 Å². The van der Waals surface area contributed by atoms with Crippen molar-refractivity contribution in [3.63, 3.8) is 0 Å². The van der Waals surface area contributed by atoms with Gasteiger partial charge in [0.25, 0.3) is 0 Å². The summed E-state index contributed by atoms with van der Waals surface area (Å²) < 4.78 is 12.8. The Hall–Kier alpha value is -1.84. The minimum absolute atomic E-state index is 0.257. The molecule has 0 aliphatic carbocycles. The summed E-state index contributed by atoms with van der Waals surface area (Å²) >= 11 is 0. The van der Waals surface area contributed by atoms with Crippen LogP contribution in [0.2, 0.25) is 0 Å². The van der Waals surface area contributed by atoms with Gasteiger partial charge in [-0.25, -0.2) is 4.39 Å². The number of hydrogen-bond acceptors (Lipinski definition) is 3. The van der Waals surface area contributed by atoms with Gasteiger partial charge in [0.2, 0.25) is 0 Å². The van der Waals surface area contributed by atoms with Crippen molar-refractivity contribution in [3.8, 4) is 0 Å². The van der Waals surface area contributed by atoms with E-state index in [0.29, 0.717) is 11.6 Å². The molecule has 0 unspecified atom stereocenters. The van der Waals surface area contributed by atoms with Gasteiger partial charge in [-0.05, 0) is 56.0 Å². The first kappa shape index (κ1) is 15.2. The van der Waals surface area contributed by atoms with E-state index in [1.807, 2.05) is 13.8 Å². The van der Waals surface area contributed by atoms with Gasteiger partial charge in [0.15, 0.2) is 0 Å². The molecule has 0 saturated heterocycles. The monoisotopic (exact) mass is 263 g/mol. The SMILES string of the molecule is CC(NNc1ccc(F)cc1)=C(C)C(=N)CC(C)C. The predicted molar refractivity (Wildman–Crippen MR) is 78.7 cm³/mol. The second-order valence-corrected chi connectivity index (χ2v) is 5.08. The molecule has 0 spiro atoms. The van der Waals surface area contributed by atoms with Crippen molar-refractivity contribution >= 4 is 11.4 Å². The molecule has 1 rings (SSSR count). The average molecular weight is 263 g/mol. The number of anilines is 1. The van der Waals surface area contributed by atoms with E-state index in [9.17, 15) is 4.39 Å². The number of nitrogens with one attached hydrogen (secondary N) is 3. The molecule has 1 aromatic rings. The third kappa shape index (κ3) is 5.12. The van der Waals surface area contributed by atoms with Gasteiger partial charge in [-0.1, -0.05) is 13.8 Å². The first-order valence-corrected chi connectivity index (χ1v) is 6.43. The topological polar surface area (TPSA) is 47.9 Å². The lowest BCUT2D eigenvalue weighted by Gasteiger charge is -2.14. The Kier molecular flexibility index (Phi) is 5.55. The van der Waals surface area contributed by atoms with Crippen LogP contribution in [0.4, 0.5) is 10.1 Å². The quantitative estimate of drug-likeness (QED) is 0.534. The van der Waals surface area contributed by atoms with Crippen molar-refractivity contribution < 1.29 is 4.39 Å². The number of rotatable bonds is 6. The molecule has 0 radical (unpaired) electrons. The Bertz CT molecular complexity index is 461. The zero-order valence-corrected chi connectivity index (χ0v) is 12.0. The summed E-state index contributed by atoms with van der Waals surface area (Å²) in [4.78, 5) is 0. The summed E-state index contributed by atoms with van der Waals surface area (Å²) in [5, 5.41) is 7.99. The van der Waals surface area contributed by atoms with E-state index in [2.05, 4.69) is 24.7 Å². The van der Waals surface area contributed by atoms with Gasteiger partial charge < -0.3 is 16.3 Å². The zero-order valence-electron chi connectivity index (χ0n) is 12.0. The van der Waals surface area contributed by atoms with E-state index in [4.69, 9.17) is 5.41 Å². The van der Waals surface area contributed by atoms with Crippen LogP contribution in [0.25, 0.3) is 0 Å². The summed E-state index contributed by atoms with van der Waals surface area (Å²) in [5.74, 6) is 0.216. The van der Waals surface area contributed by atoms with Crippen LogP contribution >= 0.6 is 0 Å². The molecule has 0 aliphatic rings. The number of hydrogen-bond donors (Lipinski definition) is 3. The van der Waals surface area contributed by atoms with Gasteiger partial charge in [0.1, 0.15) is 5.82 Å². The second-order valence-electron chi connectivity index (χ2n) is 5.08. The molecule has 0 amide bonds. The molecule has 0 atom stereocenters. The molecule has 0 saturated carbocycles. The zero-order chi connectivity index (χ0) is 14.4. The van der Waals surface area contributed by atoms with Crippen LogP contribution in [0.1, 0.15) is 34.1 Å². The fourth-order valence-electron chi connectivity index (χ4n) is 1.58. The number of hydrazine groups is 1. The van der Waals surface area contributed by atoms with Crippen LogP contribution in [0.5, 0.6) is 0 Å². The molecule has 0 heterocycles. The molecule has 0 fully saturated rings. The van der Waals surface area contributed by atoms with E-state index in [1.165, 1.54) is 12.1 Å². The molecule has 3 N–H and O–H groups in total. The van der Waals surface area contributed by atoms with E-state index in [-0.39, 0.29) is 5.82 Å². The Morgan fingerprint density at radius 3 is 2.32 bits per heavy atom. The first-order chi connectivity index (χ1) is 8.90. The van der Waals surface area contributed by atoms with Gasteiger partial charge in [0, 0.05) is 11.4 Å². The number of halogens is 1. The third-order valence-electron chi connectivity index (χ3n) is 2.87. The van der Waals surface area contributed by atoms with Crippen molar-refractivity contribution in [3.05, 3.63) is 41.4 Å².